The van der Waals surface area contributed by atoms with E-state index in [9.17, 15) is 9.90 Å². The Bertz CT molecular complexity index is 905. The van der Waals surface area contributed by atoms with Gasteiger partial charge in [0.05, 0.1) is 6.04 Å². The van der Waals surface area contributed by atoms with Crippen LogP contribution in [0.3, 0.4) is 0 Å². The minimum absolute atomic E-state index is 0.0358. The zero-order valence-corrected chi connectivity index (χ0v) is 16.7. The summed E-state index contributed by atoms with van der Waals surface area (Å²) in [6, 6.07) is 14.3. The van der Waals surface area contributed by atoms with E-state index >= 15 is 0 Å². The molecule has 2 N–H and O–H groups in total. The summed E-state index contributed by atoms with van der Waals surface area (Å²) in [5, 5.41) is 14.1. The number of para-hydroxylation sites is 1. The Kier molecular flexibility index (Phi) is 4.15. The number of hydrogen-bond acceptors (Lipinski definition) is 3. The van der Waals surface area contributed by atoms with Crippen molar-refractivity contribution in [1.29, 1.82) is 0 Å². The van der Waals surface area contributed by atoms with Crippen LogP contribution in [0.2, 0.25) is 5.02 Å². The van der Waals surface area contributed by atoms with Gasteiger partial charge in [-0.3, -0.25) is 0 Å². The van der Waals surface area contributed by atoms with E-state index in [-0.39, 0.29) is 11.5 Å². The van der Waals surface area contributed by atoms with Gasteiger partial charge in [-0.2, -0.15) is 0 Å². The van der Waals surface area contributed by atoms with E-state index in [1.807, 2.05) is 48.3 Å². The first-order valence-electron chi connectivity index (χ1n) is 9.37. The van der Waals surface area contributed by atoms with E-state index in [4.69, 9.17) is 11.6 Å². The second-order valence-corrected chi connectivity index (χ2v) is 8.87. The molecule has 0 bridgehead atoms. The maximum absolute atomic E-state index is 11.8. The molecule has 1 unspecified atom stereocenters. The van der Waals surface area contributed by atoms with Crippen LogP contribution in [0.5, 0.6) is 0 Å². The van der Waals surface area contributed by atoms with Gasteiger partial charge in [-0.1, -0.05) is 43.6 Å². The normalized spacial score (nSPS) is 21.7. The molecule has 142 valence electrons. The lowest BCUT2D eigenvalue weighted by molar-refractivity contribution is -0.139. The van der Waals surface area contributed by atoms with Crippen LogP contribution in [0.25, 0.3) is 0 Å². The molecule has 4 nitrogen and oxygen atoms in total. The Labute approximate surface area is 165 Å². The third-order valence-corrected chi connectivity index (χ3v) is 6.43. The molecule has 1 fully saturated rings. The highest BCUT2D eigenvalue weighted by Gasteiger charge is 2.54. The van der Waals surface area contributed by atoms with Crippen molar-refractivity contribution >= 4 is 28.9 Å². The van der Waals surface area contributed by atoms with E-state index in [1.165, 1.54) is 5.56 Å². The van der Waals surface area contributed by atoms with E-state index in [0.717, 1.165) is 28.4 Å². The Morgan fingerprint density at radius 3 is 2.59 bits per heavy atom. The van der Waals surface area contributed by atoms with Crippen LogP contribution >= 0.6 is 11.6 Å². The SMILES string of the molecule is CN(c1ccccc1C1CC(C)(C)c2cc(Cl)ccc2N1)C1(C(=O)O)CC1. The summed E-state index contributed by atoms with van der Waals surface area (Å²) in [5.74, 6) is -0.739. The van der Waals surface area contributed by atoms with Crippen molar-refractivity contribution in [2.24, 2.45) is 0 Å². The molecule has 0 radical (unpaired) electrons. The Morgan fingerprint density at radius 1 is 1.22 bits per heavy atom. The third-order valence-electron chi connectivity index (χ3n) is 6.19. The average Bonchev–Trinajstić information content (AvgIpc) is 3.43. The summed E-state index contributed by atoms with van der Waals surface area (Å²) < 4.78 is 0. The van der Waals surface area contributed by atoms with Crippen molar-refractivity contribution in [2.75, 3.05) is 17.3 Å². The van der Waals surface area contributed by atoms with Crippen LogP contribution in [-0.2, 0) is 10.2 Å². The number of hydrogen-bond donors (Lipinski definition) is 2. The molecule has 1 atom stereocenters. The number of aliphatic carboxylic acids is 1. The highest BCUT2D eigenvalue weighted by Crippen LogP contribution is 2.49. The van der Waals surface area contributed by atoms with Gasteiger partial charge in [0.2, 0.25) is 0 Å². The van der Waals surface area contributed by atoms with Gasteiger partial charge in [0, 0.05) is 23.4 Å². The second kappa shape index (κ2) is 6.16. The van der Waals surface area contributed by atoms with E-state index in [0.29, 0.717) is 12.8 Å². The molecule has 27 heavy (non-hydrogen) atoms. The van der Waals surface area contributed by atoms with Crippen molar-refractivity contribution in [2.45, 2.75) is 50.1 Å². The molecule has 2 aromatic carbocycles. The van der Waals surface area contributed by atoms with Crippen molar-refractivity contribution in [3.05, 3.63) is 58.6 Å². The molecule has 4 rings (SSSR count). The van der Waals surface area contributed by atoms with Crippen LogP contribution in [0, 0.1) is 0 Å². The Morgan fingerprint density at radius 2 is 1.93 bits per heavy atom. The summed E-state index contributed by atoms with van der Waals surface area (Å²) in [6.07, 6.45) is 2.29. The first-order valence-corrected chi connectivity index (χ1v) is 9.75. The van der Waals surface area contributed by atoms with E-state index in [2.05, 4.69) is 25.2 Å². The zero-order chi connectivity index (χ0) is 19.4. The van der Waals surface area contributed by atoms with Crippen molar-refractivity contribution in [3.8, 4) is 0 Å². The van der Waals surface area contributed by atoms with Crippen molar-refractivity contribution < 1.29 is 9.90 Å². The predicted molar refractivity (Wildman–Crippen MR) is 110 cm³/mol. The van der Waals surface area contributed by atoms with Crippen LogP contribution in [0.15, 0.2) is 42.5 Å². The fourth-order valence-electron chi connectivity index (χ4n) is 4.38. The van der Waals surface area contributed by atoms with Crippen molar-refractivity contribution in [3.63, 3.8) is 0 Å². The fourth-order valence-corrected chi connectivity index (χ4v) is 4.55. The number of rotatable bonds is 4. The number of carboxylic acid groups (broad SMARTS) is 1. The molecule has 0 aromatic heterocycles. The number of halogens is 1. The zero-order valence-electron chi connectivity index (χ0n) is 15.9. The summed E-state index contributed by atoms with van der Waals surface area (Å²) in [5.41, 5.74) is 3.65. The summed E-state index contributed by atoms with van der Waals surface area (Å²) >= 11 is 6.22. The maximum Gasteiger partial charge on any atom is 0.329 e. The van der Waals surface area contributed by atoms with Gasteiger partial charge in [-0.15, -0.1) is 0 Å². The number of nitrogens with one attached hydrogen (secondary N) is 1. The smallest absolute Gasteiger partial charge is 0.329 e. The summed E-state index contributed by atoms with van der Waals surface area (Å²) in [6.45, 7) is 4.48. The first kappa shape index (κ1) is 18.2. The molecule has 1 saturated carbocycles. The van der Waals surface area contributed by atoms with Gasteiger partial charge in [-0.25, -0.2) is 4.79 Å². The molecule has 1 heterocycles. The standard InChI is InChI=1S/C22H25ClN2O2/c1-21(2)13-18(24-17-9-8-14(23)12-16(17)21)15-6-4-5-7-19(15)25(3)22(10-11-22)20(26)27/h4-9,12,18,24H,10-11,13H2,1-3H3,(H,26,27). The average molecular weight is 385 g/mol. The van der Waals surface area contributed by atoms with E-state index < -0.39 is 11.5 Å². The molecule has 1 aliphatic carbocycles. The van der Waals surface area contributed by atoms with E-state index in [1.54, 1.807) is 0 Å². The van der Waals surface area contributed by atoms with Gasteiger partial charge < -0.3 is 15.3 Å². The largest absolute Gasteiger partial charge is 0.479 e. The molecule has 1 aliphatic heterocycles. The minimum atomic E-state index is -0.758. The number of fused-ring (bicyclic) bond motifs is 1. The van der Waals surface area contributed by atoms with Gasteiger partial charge in [0.1, 0.15) is 5.54 Å². The summed E-state index contributed by atoms with van der Waals surface area (Å²) in [7, 11) is 1.90. The van der Waals surface area contributed by atoms with Gasteiger partial charge >= 0.3 is 5.97 Å². The van der Waals surface area contributed by atoms with Crippen LogP contribution in [0.4, 0.5) is 11.4 Å². The Hall–Kier alpha value is -2.20. The topological polar surface area (TPSA) is 52.6 Å². The van der Waals surface area contributed by atoms with Crippen LogP contribution in [-0.4, -0.2) is 23.7 Å². The molecule has 0 saturated heterocycles. The molecular weight excluding hydrogens is 360 g/mol. The van der Waals surface area contributed by atoms with Gasteiger partial charge in [-0.05, 0) is 60.1 Å². The summed E-state index contributed by atoms with van der Waals surface area (Å²) in [4.78, 5) is 13.8. The number of carboxylic acids is 1. The molecule has 5 heteroatoms. The quantitative estimate of drug-likeness (QED) is 0.758. The van der Waals surface area contributed by atoms with Gasteiger partial charge in [0.15, 0.2) is 0 Å². The lowest BCUT2D eigenvalue weighted by Gasteiger charge is -2.40. The molecule has 2 aliphatic rings. The molecule has 0 spiro atoms. The van der Waals surface area contributed by atoms with Crippen LogP contribution in [0.1, 0.15) is 50.3 Å². The second-order valence-electron chi connectivity index (χ2n) is 8.43. The van der Waals surface area contributed by atoms with Crippen molar-refractivity contribution in [1.82, 2.24) is 0 Å². The molecular formula is C22H25ClN2O2. The number of likely N-dealkylation sites (N-methyl/N-ethyl adjacent to an activating group) is 1. The third kappa shape index (κ3) is 2.96. The number of carbonyl (C=O) groups is 1. The monoisotopic (exact) mass is 384 g/mol. The predicted octanol–water partition coefficient (Wildman–Crippen LogP) is 5.23. The highest BCUT2D eigenvalue weighted by molar-refractivity contribution is 6.30. The maximum atomic E-state index is 11.8. The molecule has 2 aromatic rings. The minimum Gasteiger partial charge on any atom is -0.479 e. The Balaban J connectivity index is 1.73. The number of benzene rings is 2. The lowest BCUT2D eigenvalue weighted by Crippen LogP contribution is -2.42. The number of nitrogens with zero attached hydrogens (tertiary/aromatic N) is 1. The molecule has 0 amide bonds. The fraction of sp³-hybridized carbons (Fsp3) is 0.409. The lowest BCUT2D eigenvalue weighted by atomic mass is 9.74. The van der Waals surface area contributed by atoms with Gasteiger partial charge in [0.25, 0.3) is 0 Å². The first-order chi connectivity index (χ1) is 12.7. The van der Waals surface area contributed by atoms with Crippen LogP contribution < -0.4 is 10.2 Å². The highest BCUT2D eigenvalue weighted by atomic mass is 35.5. The number of anilines is 2.